The molecule has 110 valence electrons. The molecule has 0 bridgehead atoms. The summed E-state index contributed by atoms with van der Waals surface area (Å²) in [5.41, 5.74) is -0.302. The number of nitrogens with zero attached hydrogens (tertiary/aromatic N) is 2. The summed E-state index contributed by atoms with van der Waals surface area (Å²) in [6.45, 7) is 0.179. The molecule has 3 N–H and O–H groups in total. The number of benzene rings is 1. The number of anilines is 1. The van der Waals surface area contributed by atoms with Crippen LogP contribution in [0.1, 0.15) is 16.2 Å². The van der Waals surface area contributed by atoms with E-state index in [2.05, 4.69) is 15.6 Å². The van der Waals surface area contributed by atoms with Crippen LogP contribution in [0.15, 0.2) is 30.6 Å². The quantitative estimate of drug-likeness (QED) is 0.797. The average Bonchev–Trinajstić information content (AvgIpc) is 2.84. The minimum atomic E-state index is -1.33. The molecule has 1 heterocycles. The first-order valence-electron chi connectivity index (χ1n) is 6.01. The van der Waals surface area contributed by atoms with Gasteiger partial charge in [-0.2, -0.15) is 0 Å². The first-order chi connectivity index (χ1) is 9.97. The van der Waals surface area contributed by atoms with Gasteiger partial charge in [0.25, 0.3) is 0 Å². The summed E-state index contributed by atoms with van der Waals surface area (Å²) < 4.78 is 14.8. The van der Waals surface area contributed by atoms with Crippen molar-refractivity contribution >= 4 is 17.7 Å². The molecule has 0 aliphatic heterocycles. The summed E-state index contributed by atoms with van der Waals surface area (Å²) in [6, 6.07) is 2.50. The third-order valence-corrected chi connectivity index (χ3v) is 2.79. The molecule has 0 fully saturated rings. The molecule has 2 amide bonds. The van der Waals surface area contributed by atoms with Crippen LogP contribution in [0.25, 0.3) is 0 Å². The molecule has 0 spiro atoms. The Morgan fingerprint density at radius 1 is 1.43 bits per heavy atom. The number of nitrogens with one attached hydrogen (secondary N) is 2. The van der Waals surface area contributed by atoms with E-state index >= 15 is 0 Å². The number of halogens is 1. The van der Waals surface area contributed by atoms with E-state index in [1.807, 2.05) is 0 Å². The van der Waals surface area contributed by atoms with Gasteiger partial charge in [0.15, 0.2) is 0 Å². The van der Waals surface area contributed by atoms with Gasteiger partial charge in [-0.25, -0.2) is 19.0 Å². The highest BCUT2D eigenvalue weighted by atomic mass is 19.1. The van der Waals surface area contributed by atoms with Crippen molar-refractivity contribution in [3.05, 3.63) is 47.8 Å². The van der Waals surface area contributed by atoms with Gasteiger partial charge >= 0.3 is 12.0 Å². The van der Waals surface area contributed by atoms with E-state index in [-0.39, 0.29) is 17.8 Å². The standard InChI is InChI=1S/C13H13FN4O3/c1-18-5-4-15-11(18)7-16-13(21)17-10-3-2-8(14)6-9(10)12(19)20/h2-6H,7H2,1H3,(H,19,20)(H2,16,17,21). The van der Waals surface area contributed by atoms with Gasteiger partial charge in [-0.15, -0.1) is 0 Å². The molecular formula is C13H13FN4O3. The Bertz CT molecular complexity index is 684. The number of hydrogen-bond donors (Lipinski definition) is 3. The largest absolute Gasteiger partial charge is 0.478 e. The lowest BCUT2D eigenvalue weighted by molar-refractivity contribution is 0.0697. The van der Waals surface area contributed by atoms with Gasteiger partial charge < -0.3 is 20.3 Å². The van der Waals surface area contributed by atoms with Gasteiger partial charge in [-0.1, -0.05) is 0 Å². The van der Waals surface area contributed by atoms with E-state index in [0.29, 0.717) is 5.82 Å². The van der Waals surface area contributed by atoms with Crippen LogP contribution in [-0.2, 0) is 13.6 Å². The predicted octanol–water partition coefficient (Wildman–Crippen LogP) is 1.58. The summed E-state index contributed by atoms with van der Waals surface area (Å²) in [5.74, 6) is -1.37. The van der Waals surface area contributed by atoms with Gasteiger partial charge in [0.05, 0.1) is 17.8 Å². The summed E-state index contributed by atoms with van der Waals surface area (Å²) in [6.07, 6.45) is 3.33. The Morgan fingerprint density at radius 2 is 2.19 bits per heavy atom. The number of rotatable bonds is 4. The number of carbonyl (C=O) groups is 2. The lowest BCUT2D eigenvalue weighted by Gasteiger charge is -2.10. The normalized spacial score (nSPS) is 10.2. The Balaban J connectivity index is 2.03. The molecule has 2 aromatic rings. The molecule has 0 aliphatic carbocycles. The first-order valence-corrected chi connectivity index (χ1v) is 6.01. The number of aromatic nitrogens is 2. The molecule has 0 saturated heterocycles. The van der Waals surface area contributed by atoms with Crippen molar-refractivity contribution in [3.63, 3.8) is 0 Å². The Hall–Kier alpha value is -2.90. The van der Waals surface area contributed by atoms with Gasteiger partial charge in [0, 0.05) is 19.4 Å². The van der Waals surface area contributed by atoms with Crippen molar-refractivity contribution in [1.29, 1.82) is 0 Å². The molecule has 21 heavy (non-hydrogen) atoms. The lowest BCUT2D eigenvalue weighted by Crippen LogP contribution is -2.29. The van der Waals surface area contributed by atoms with Gasteiger partial charge in [0.1, 0.15) is 11.6 Å². The van der Waals surface area contributed by atoms with Crippen LogP contribution in [0.5, 0.6) is 0 Å². The number of carbonyl (C=O) groups excluding carboxylic acids is 1. The average molecular weight is 292 g/mol. The van der Waals surface area contributed by atoms with E-state index in [1.54, 1.807) is 24.0 Å². The van der Waals surface area contributed by atoms with Crippen molar-refractivity contribution < 1.29 is 19.1 Å². The molecule has 0 aliphatic rings. The fourth-order valence-corrected chi connectivity index (χ4v) is 1.70. The van der Waals surface area contributed by atoms with Crippen LogP contribution in [0.3, 0.4) is 0 Å². The van der Waals surface area contributed by atoms with Crippen LogP contribution in [0.4, 0.5) is 14.9 Å². The molecule has 1 aromatic carbocycles. The Labute approximate surface area is 119 Å². The summed E-state index contributed by atoms with van der Waals surface area (Å²) in [7, 11) is 1.78. The van der Waals surface area contributed by atoms with Crippen molar-refractivity contribution in [2.45, 2.75) is 6.54 Å². The van der Waals surface area contributed by atoms with Gasteiger partial charge in [0.2, 0.25) is 0 Å². The first kappa shape index (κ1) is 14.5. The fraction of sp³-hybridized carbons (Fsp3) is 0.154. The number of imidazole rings is 1. The highest BCUT2D eigenvalue weighted by molar-refractivity contribution is 5.99. The smallest absolute Gasteiger partial charge is 0.337 e. The number of urea groups is 1. The van der Waals surface area contributed by atoms with E-state index in [1.165, 1.54) is 6.07 Å². The topological polar surface area (TPSA) is 96.3 Å². The molecule has 0 atom stereocenters. The minimum absolute atomic E-state index is 0.0150. The number of aromatic carboxylic acids is 1. The molecule has 0 saturated carbocycles. The second kappa shape index (κ2) is 6.04. The summed E-state index contributed by atoms with van der Waals surface area (Å²) in [4.78, 5) is 26.8. The number of carboxylic acid groups (broad SMARTS) is 1. The van der Waals surface area contributed by atoms with Crippen LogP contribution >= 0.6 is 0 Å². The number of hydrogen-bond acceptors (Lipinski definition) is 3. The van der Waals surface area contributed by atoms with E-state index in [0.717, 1.165) is 12.1 Å². The molecule has 0 radical (unpaired) electrons. The third kappa shape index (κ3) is 3.56. The maximum absolute atomic E-state index is 13.0. The second-order valence-electron chi connectivity index (χ2n) is 4.26. The molecule has 1 aromatic heterocycles. The monoisotopic (exact) mass is 292 g/mol. The minimum Gasteiger partial charge on any atom is -0.478 e. The SMILES string of the molecule is Cn1ccnc1CNC(=O)Nc1ccc(F)cc1C(=O)O. The van der Waals surface area contributed by atoms with E-state index in [9.17, 15) is 14.0 Å². The molecule has 8 heteroatoms. The summed E-state index contributed by atoms with van der Waals surface area (Å²) in [5, 5.41) is 13.9. The van der Waals surface area contributed by atoms with Gasteiger partial charge in [-0.05, 0) is 18.2 Å². The molecule has 0 unspecified atom stereocenters. The van der Waals surface area contributed by atoms with E-state index < -0.39 is 17.8 Å². The molecule has 2 rings (SSSR count). The van der Waals surface area contributed by atoms with Gasteiger partial charge in [-0.3, -0.25) is 0 Å². The highest BCUT2D eigenvalue weighted by Crippen LogP contribution is 2.17. The lowest BCUT2D eigenvalue weighted by atomic mass is 10.2. The zero-order chi connectivity index (χ0) is 15.4. The highest BCUT2D eigenvalue weighted by Gasteiger charge is 2.13. The Morgan fingerprint density at radius 3 is 2.81 bits per heavy atom. The van der Waals surface area contributed by atoms with Crippen molar-refractivity contribution in [3.8, 4) is 0 Å². The number of carboxylic acids is 1. The predicted molar refractivity (Wildman–Crippen MR) is 72.4 cm³/mol. The number of aryl methyl sites for hydroxylation is 1. The van der Waals surface area contributed by atoms with Crippen LogP contribution < -0.4 is 10.6 Å². The van der Waals surface area contributed by atoms with E-state index in [4.69, 9.17) is 5.11 Å². The third-order valence-electron chi connectivity index (χ3n) is 2.79. The Kier molecular flexibility index (Phi) is 4.17. The van der Waals surface area contributed by atoms with Crippen molar-refractivity contribution in [2.75, 3.05) is 5.32 Å². The fourth-order valence-electron chi connectivity index (χ4n) is 1.70. The second-order valence-corrected chi connectivity index (χ2v) is 4.26. The van der Waals surface area contributed by atoms with Crippen molar-refractivity contribution in [2.24, 2.45) is 7.05 Å². The van der Waals surface area contributed by atoms with Crippen LogP contribution in [-0.4, -0.2) is 26.7 Å². The summed E-state index contributed by atoms with van der Waals surface area (Å²) >= 11 is 0. The zero-order valence-corrected chi connectivity index (χ0v) is 11.1. The van der Waals surface area contributed by atoms with Crippen molar-refractivity contribution in [1.82, 2.24) is 14.9 Å². The van der Waals surface area contributed by atoms with Crippen LogP contribution in [0, 0.1) is 5.82 Å². The zero-order valence-electron chi connectivity index (χ0n) is 11.1. The van der Waals surface area contributed by atoms with Crippen LogP contribution in [0.2, 0.25) is 0 Å². The maximum Gasteiger partial charge on any atom is 0.337 e. The number of amides is 2. The molecular weight excluding hydrogens is 279 g/mol. The maximum atomic E-state index is 13.0. The molecule has 7 nitrogen and oxygen atoms in total.